The number of amides is 2. The van der Waals surface area contributed by atoms with Gasteiger partial charge in [0, 0.05) is 25.8 Å². The Balaban J connectivity index is 2.21. The van der Waals surface area contributed by atoms with E-state index in [0.717, 1.165) is 5.57 Å². The maximum absolute atomic E-state index is 12.3. The number of allylic oxidation sites excluding steroid dienone is 2. The third-order valence-electron chi connectivity index (χ3n) is 3.66. The Bertz CT molecular complexity index is 557. The van der Waals surface area contributed by atoms with Gasteiger partial charge in [-0.15, -0.1) is 0 Å². The first-order chi connectivity index (χ1) is 10.3. The minimum atomic E-state index is -0.540. The van der Waals surface area contributed by atoms with E-state index in [1.807, 2.05) is 20.8 Å². The van der Waals surface area contributed by atoms with Crippen molar-refractivity contribution >= 4 is 12.0 Å². The zero-order valence-corrected chi connectivity index (χ0v) is 13.3. The summed E-state index contributed by atoms with van der Waals surface area (Å²) in [6.45, 7) is 10.5. The van der Waals surface area contributed by atoms with Gasteiger partial charge < -0.3 is 20.3 Å². The smallest absolute Gasteiger partial charge is 0.410 e. The molecule has 0 bridgehead atoms. The third-order valence-corrected chi connectivity index (χ3v) is 3.66. The zero-order valence-electron chi connectivity index (χ0n) is 13.3. The molecule has 2 aliphatic rings. The van der Waals surface area contributed by atoms with Crippen LogP contribution in [0.4, 0.5) is 4.79 Å². The fourth-order valence-electron chi connectivity index (χ4n) is 2.74. The van der Waals surface area contributed by atoms with Gasteiger partial charge in [-0.3, -0.25) is 4.79 Å². The molecule has 2 heterocycles. The summed E-state index contributed by atoms with van der Waals surface area (Å²) in [7, 11) is 0. The lowest BCUT2D eigenvalue weighted by Gasteiger charge is -2.38. The molecule has 2 N–H and O–H groups in total. The van der Waals surface area contributed by atoms with Crippen LogP contribution in [-0.4, -0.2) is 53.1 Å². The van der Waals surface area contributed by atoms with Crippen molar-refractivity contribution in [1.29, 1.82) is 0 Å². The van der Waals surface area contributed by atoms with Crippen LogP contribution < -0.4 is 5.73 Å². The average molecular weight is 305 g/mol. The summed E-state index contributed by atoms with van der Waals surface area (Å²) in [6.07, 6.45) is 4.37. The Kier molecular flexibility index (Phi) is 4.30. The summed E-state index contributed by atoms with van der Waals surface area (Å²) in [4.78, 5) is 27.9. The summed E-state index contributed by atoms with van der Waals surface area (Å²) in [5.74, 6) is -0.0931. The van der Waals surface area contributed by atoms with Crippen molar-refractivity contribution in [3.63, 3.8) is 0 Å². The summed E-state index contributed by atoms with van der Waals surface area (Å²) in [5, 5.41) is 0. The minimum Gasteiger partial charge on any atom is -0.444 e. The van der Waals surface area contributed by atoms with Crippen LogP contribution in [0.15, 0.2) is 36.1 Å². The second-order valence-electron chi connectivity index (χ2n) is 6.38. The van der Waals surface area contributed by atoms with Crippen LogP contribution in [0, 0.1) is 0 Å². The lowest BCUT2D eigenvalue weighted by molar-refractivity contribution is -0.128. The standard InChI is InChI=1S/C16H23N3O3/c1-5-6-11-12(9-17)14(20)19-8-7-18(10-13(11)19)15(21)22-16(2,3)4/h5-6,9,13H,1,7-8,10,17H2,2-4H3/b11-6+,12-9+. The van der Waals surface area contributed by atoms with Gasteiger partial charge in [0.15, 0.2) is 0 Å². The van der Waals surface area contributed by atoms with Gasteiger partial charge in [0.05, 0.1) is 11.6 Å². The van der Waals surface area contributed by atoms with Crippen LogP contribution in [0.3, 0.4) is 0 Å². The van der Waals surface area contributed by atoms with Gasteiger partial charge in [-0.25, -0.2) is 4.79 Å². The Morgan fingerprint density at radius 3 is 2.64 bits per heavy atom. The molecule has 6 nitrogen and oxygen atoms in total. The van der Waals surface area contributed by atoms with Gasteiger partial charge in [0.1, 0.15) is 5.60 Å². The fourth-order valence-corrected chi connectivity index (χ4v) is 2.74. The topological polar surface area (TPSA) is 75.9 Å². The first kappa shape index (κ1) is 16.1. The first-order valence-electron chi connectivity index (χ1n) is 7.32. The molecule has 0 radical (unpaired) electrons. The van der Waals surface area contributed by atoms with E-state index in [2.05, 4.69) is 6.58 Å². The van der Waals surface area contributed by atoms with E-state index in [1.54, 1.807) is 22.0 Å². The summed E-state index contributed by atoms with van der Waals surface area (Å²) < 4.78 is 5.41. The van der Waals surface area contributed by atoms with E-state index in [9.17, 15) is 9.59 Å². The average Bonchev–Trinajstić information content (AvgIpc) is 2.69. The van der Waals surface area contributed by atoms with E-state index in [4.69, 9.17) is 10.5 Å². The number of rotatable bonds is 1. The quantitative estimate of drug-likeness (QED) is 0.743. The maximum Gasteiger partial charge on any atom is 0.410 e. The molecule has 0 saturated carbocycles. The Hall–Kier alpha value is -2.24. The normalized spacial score (nSPS) is 25.6. The number of nitrogens with zero attached hydrogens (tertiary/aromatic N) is 2. The lowest BCUT2D eigenvalue weighted by Crippen LogP contribution is -2.54. The highest BCUT2D eigenvalue weighted by atomic mass is 16.6. The molecular formula is C16H23N3O3. The maximum atomic E-state index is 12.3. The van der Waals surface area contributed by atoms with Crippen molar-refractivity contribution < 1.29 is 14.3 Å². The van der Waals surface area contributed by atoms with Gasteiger partial charge >= 0.3 is 6.09 Å². The fraction of sp³-hybridized carbons (Fsp3) is 0.500. The largest absolute Gasteiger partial charge is 0.444 e. The second-order valence-corrected chi connectivity index (χ2v) is 6.38. The monoisotopic (exact) mass is 305 g/mol. The molecule has 1 unspecified atom stereocenters. The molecular weight excluding hydrogens is 282 g/mol. The highest BCUT2D eigenvalue weighted by Crippen LogP contribution is 2.32. The van der Waals surface area contributed by atoms with E-state index >= 15 is 0 Å². The highest BCUT2D eigenvalue weighted by Gasteiger charge is 2.43. The molecule has 2 fully saturated rings. The van der Waals surface area contributed by atoms with Crippen LogP contribution in [-0.2, 0) is 9.53 Å². The number of piperazine rings is 1. The number of nitrogens with two attached hydrogens (primary N) is 1. The summed E-state index contributed by atoms with van der Waals surface area (Å²) >= 11 is 0. The van der Waals surface area contributed by atoms with Crippen LogP contribution in [0.5, 0.6) is 0 Å². The van der Waals surface area contributed by atoms with Gasteiger partial charge in [0.25, 0.3) is 5.91 Å². The van der Waals surface area contributed by atoms with E-state index in [-0.39, 0.29) is 18.0 Å². The van der Waals surface area contributed by atoms with Crippen LogP contribution >= 0.6 is 0 Å². The van der Waals surface area contributed by atoms with Crippen molar-refractivity contribution in [2.24, 2.45) is 5.73 Å². The summed E-state index contributed by atoms with van der Waals surface area (Å²) in [5.41, 5.74) is 6.33. The molecule has 6 heteroatoms. The van der Waals surface area contributed by atoms with E-state index in [1.165, 1.54) is 6.20 Å². The first-order valence-corrected chi connectivity index (χ1v) is 7.32. The number of carbonyl (C=O) groups is 2. The van der Waals surface area contributed by atoms with Crippen molar-refractivity contribution in [2.45, 2.75) is 32.4 Å². The minimum absolute atomic E-state index is 0.0931. The molecule has 1 atom stereocenters. The predicted molar refractivity (Wildman–Crippen MR) is 83.9 cm³/mol. The highest BCUT2D eigenvalue weighted by molar-refractivity contribution is 6.02. The molecule has 120 valence electrons. The van der Waals surface area contributed by atoms with E-state index < -0.39 is 5.60 Å². The Morgan fingerprint density at radius 1 is 1.41 bits per heavy atom. The van der Waals surface area contributed by atoms with Crippen LogP contribution in [0.25, 0.3) is 0 Å². The lowest BCUT2D eigenvalue weighted by atomic mass is 10.0. The molecule has 2 amide bonds. The van der Waals surface area contributed by atoms with Gasteiger partial charge in [0.2, 0.25) is 0 Å². The van der Waals surface area contributed by atoms with Crippen molar-refractivity contribution in [1.82, 2.24) is 9.80 Å². The number of ether oxygens (including phenoxy) is 1. The number of fused-ring (bicyclic) bond motifs is 1. The predicted octanol–water partition coefficient (Wildman–Crippen LogP) is 1.40. The Labute approximate surface area is 130 Å². The molecule has 2 aliphatic heterocycles. The Morgan fingerprint density at radius 2 is 2.09 bits per heavy atom. The summed E-state index contributed by atoms with van der Waals surface area (Å²) in [6, 6.07) is -0.193. The molecule has 2 saturated heterocycles. The number of hydrogen-bond donors (Lipinski definition) is 1. The van der Waals surface area contributed by atoms with Gasteiger partial charge in [-0.1, -0.05) is 18.7 Å². The third kappa shape index (κ3) is 3.00. The molecule has 0 aromatic carbocycles. The molecule has 22 heavy (non-hydrogen) atoms. The SMILES string of the molecule is C=C/C=C1\C(=C/N)C(=O)N2CCN(C(=O)OC(C)(C)C)CC12. The molecule has 2 rings (SSSR count). The molecule has 0 aromatic heterocycles. The number of hydrogen-bond acceptors (Lipinski definition) is 4. The van der Waals surface area contributed by atoms with Crippen molar-refractivity contribution in [3.8, 4) is 0 Å². The van der Waals surface area contributed by atoms with Gasteiger partial charge in [-0.05, 0) is 26.3 Å². The zero-order chi connectivity index (χ0) is 16.5. The van der Waals surface area contributed by atoms with Crippen molar-refractivity contribution in [2.75, 3.05) is 19.6 Å². The molecule has 0 aliphatic carbocycles. The van der Waals surface area contributed by atoms with E-state index in [0.29, 0.717) is 25.2 Å². The van der Waals surface area contributed by atoms with Crippen LogP contribution in [0.2, 0.25) is 0 Å². The van der Waals surface area contributed by atoms with Crippen LogP contribution in [0.1, 0.15) is 20.8 Å². The molecule has 0 spiro atoms. The number of carbonyl (C=O) groups excluding carboxylic acids is 2. The van der Waals surface area contributed by atoms with Crippen molar-refractivity contribution in [3.05, 3.63) is 36.1 Å². The van der Waals surface area contributed by atoms with Gasteiger partial charge in [-0.2, -0.15) is 0 Å². The second kappa shape index (κ2) is 5.87. The molecule has 0 aromatic rings.